The van der Waals surface area contributed by atoms with Crippen LogP contribution in [-0.4, -0.2) is 29.1 Å². The highest BCUT2D eigenvalue weighted by molar-refractivity contribution is 9.10. The van der Waals surface area contributed by atoms with Crippen LogP contribution >= 0.6 is 15.9 Å². The van der Waals surface area contributed by atoms with Crippen molar-refractivity contribution in [3.05, 3.63) is 46.2 Å². The summed E-state index contributed by atoms with van der Waals surface area (Å²) in [7, 11) is 0. The van der Waals surface area contributed by atoms with Crippen LogP contribution in [0.3, 0.4) is 0 Å². The molecular formula is C16H16BrN5. The van der Waals surface area contributed by atoms with Gasteiger partial charge in [0.1, 0.15) is 0 Å². The molecule has 112 valence electrons. The first-order valence-electron chi connectivity index (χ1n) is 7.16. The van der Waals surface area contributed by atoms with Crippen molar-refractivity contribution in [3.63, 3.8) is 0 Å². The smallest absolute Gasteiger partial charge is 0.223 e. The molecule has 0 amide bonds. The van der Waals surface area contributed by atoms with E-state index in [0.29, 0.717) is 17.6 Å². The lowest BCUT2D eigenvalue weighted by Gasteiger charge is -2.19. The second-order valence-electron chi connectivity index (χ2n) is 5.41. The Bertz CT molecular complexity index is 725. The molecule has 3 rings (SSSR count). The van der Waals surface area contributed by atoms with E-state index in [2.05, 4.69) is 42.2 Å². The second kappa shape index (κ2) is 6.32. The van der Waals surface area contributed by atoms with Crippen molar-refractivity contribution >= 4 is 27.6 Å². The highest BCUT2D eigenvalue weighted by Gasteiger charge is 2.23. The number of halogens is 1. The van der Waals surface area contributed by atoms with E-state index in [-0.39, 0.29) is 0 Å². The summed E-state index contributed by atoms with van der Waals surface area (Å²) in [4.78, 5) is 10.9. The van der Waals surface area contributed by atoms with Gasteiger partial charge in [-0.05, 0) is 37.6 Å². The molecule has 0 radical (unpaired) electrons. The predicted molar refractivity (Wildman–Crippen MR) is 89.9 cm³/mol. The van der Waals surface area contributed by atoms with Gasteiger partial charge in [0.25, 0.3) is 0 Å². The molecule has 1 aliphatic heterocycles. The second-order valence-corrected chi connectivity index (χ2v) is 6.32. The highest BCUT2D eigenvalue weighted by Crippen LogP contribution is 2.26. The molecule has 0 aliphatic carbocycles. The summed E-state index contributed by atoms with van der Waals surface area (Å²) < 4.78 is 0.931. The minimum absolute atomic E-state index is 0.311. The first-order chi connectivity index (χ1) is 10.6. The monoisotopic (exact) mass is 357 g/mol. The molecule has 2 aromatic rings. The fourth-order valence-corrected chi connectivity index (χ4v) is 3.12. The van der Waals surface area contributed by atoms with Gasteiger partial charge in [0.2, 0.25) is 5.95 Å². The first kappa shape index (κ1) is 14.8. The maximum absolute atomic E-state index is 9.08. The zero-order valence-electron chi connectivity index (χ0n) is 12.3. The number of aromatic nitrogens is 2. The number of rotatable bonds is 3. The Kier molecular flexibility index (Phi) is 4.25. The average molecular weight is 358 g/mol. The fourth-order valence-electron chi connectivity index (χ4n) is 2.63. The Morgan fingerprint density at radius 1 is 1.41 bits per heavy atom. The molecule has 6 heteroatoms. The van der Waals surface area contributed by atoms with Crippen molar-refractivity contribution in [2.75, 3.05) is 23.3 Å². The van der Waals surface area contributed by atoms with E-state index in [1.54, 1.807) is 6.20 Å². The zero-order valence-corrected chi connectivity index (χ0v) is 13.8. The van der Waals surface area contributed by atoms with Crippen molar-refractivity contribution in [1.82, 2.24) is 9.97 Å². The largest absolute Gasteiger partial charge is 0.369 e. The molecule has 1 aromatic carbocycles. The number of hydrogen-bond acceptors (Lipinski definition) is 5. The minimum Gasteiger partial charge on any atom is -0.369 e. The number of hydrogen-bond donors (Lipinski definition) is 1. The van der Waals surface area contributed by atoms with E-state index in [9.17, 15) is 0 Å². The van der Waals surface area contributed by atoms with Gasteiger partial charge in [-0.25, -0.2) is 9.97 Å². The molecule has 1 aliphatic rings. The van der Waals surface area contributed by atoms with Gasteiger partial charge in [-0.1, -0.05) is 15.9 Å². The summed E-state index contributed by atoms with van der Waals surface area (Å²) in [6.45, 7) is 3.78. The number of benzene rings is 1. The van der Waals surface area contributed by atoms with Crippen LogP contribution in [0.2, 0.25) is 0 Å². The summed E-state index contributed by atoms with van der Waals surface area (Å²) in [5.74, 6) is 0.679. The molecular weight excluding hydrogens is 342 g/mol. The van der Waals surface area contributed by atoms with Gasteiger partial charge in [-0.2, -0.15) is 5.26 Å². The molecule has 2 heterocycles. The Morgan fingerprint density at radius 3 is 3.05 bits per heavy atom. The minimum atomic E-state index is 0.311. The third-order valence-electron chi connectivity index (χ3n) is 3.69. The van der Waals surface area contributed by atoms with Crippen LogP contribution in [0.4, 0.5) is 11.6 Å². The molecule has 0 bridgehead atoms. The van der Waals surface area contributed by atoms with Crippen LogP contribution in [-0.2, 0) is 0 Å². The maximum atomic E-state index is 9.08. The van der Waals surface area contributed by atoms with Crippen molar-refractivity contribution in [3.8, 4) is 6.07 Å². The fraction of sp³-hybridized carbons (Fsp3) is 0.312. The maximum Gasteiger partial charge on any atom is 0.223 e. The van der Waals surface area contributed by atoms with E-state index < -0.39 is 0 Å². The lowest BCUT2D eigenvalue weighted by molar-refractivity contribution is 0.790. The lowest BCUT2D eigenvalue weighted by Crippen LogP contribution is -2.26. The SMILES string of the molecule is Cc1ccnc(NC2CCN(c3cc(Br)cc(C#N)c3)C2)n1. The number of anilines is 2. The molecule has 1 unspecified atom stereocenters. The first-order valence-corrected chi connectivity index (χ1v) is 7.95. The van der Waals surface area contributed by atoms with Crippen LogP contribution in [0.5, 0.6) is 0 Å². The number of nitriles is 1. The summed E-state index contributed by atoms with van der Waals surface area (Å²) in [5.41, 5.74) is 2.70. The highest BCUT2D eigenvalue weighted by atomic mass is 79.9. The van der Waals surface area contributed by atoms with E-state index in [1.807, 2.05) is 31.2 Å². The molecule has 0 saturated carbocycles. The van der Waals surface area contributed by atoms with Crippen LogP contribution < -0.4 is 10.2 Å². The van der Waals surface area contributed by atoms with Gasteiger partial charge in [-0.15, -0.1) is 0 Å². The molecule has 22 heavy (non-hydrogen) atoms. The molecule has 1 saturated heterocycles. The topological polar surface area (TPSA) is 64.8 Å². The van der Waals surface area contributed by atoms with Gasteiger partial charge < -0.3 is 10.2 Å². The third-order valence-corrected chi connectivity index (χ3v) is 4.15. The van der Waals surface area contributed by atoms with Gasteiger partial charge >= 0.3 is 0 Å². The molecule has 0 spiro atoms. The number of nitrogens with one attached hydrogen (secondary N) is 1. The van der Waals surface area contributed by atoms with E-state index >= 15 is 0 Å². The van der Waals surface area contributed by atoms with Gasteiger partial charge in [0.15, 0.2) is 0 Å². The standard InChI is InChI=1S/C16H16BrN5/c1-11-2-4-19-16(20-11)21-14-3-5-22(10-14)15-7-12(9-18)6-13(17)8-15/h2,4,6-8,14H,3,5,10H2,1H3,(H,19,20,21). The zero-order chi connectivity index (χ0) is 15.5. The Hall–Kier alpha value is -2.13. The van der Waals surface area contributed by atoms with E-state index in [1.165, 1.54) is 0 Å². The number of aryl methyl sites for hydroxylation is 1. The van der Waals surface area contributed by atoms with E-state index in [4.69, 9.17) is 5.26 Å². The Morgan fingerprint density at radius 2 is 2.27 bits per heavy atom. The Labute approximate surface area is 138 Å². The van der Waals surface area contributed by atoms with Crippen molar-refractivity contribution < 1.29 is 0 Å². The van der Waals surface area contributed by atoms with Gasteiger partial charge in [0.05, 0.1) is 11.6 Å². The average Bonchev–Trinajstić information content (AvgIpc) is 2.95. The van der Waals surface area contributed by atoms with Crippen molar-refractivity contribution in [2.24, 2.45) is 0 Å². The van der Waals surface area contributed by atoms with Gasteiger partial charge in [0, 0.05) is 41.2 Å². The molecule has 5 nitrogen and oxygen atoms in total. The molecule has 1 fully saturated rings. The summed E-state index contributed by atoms with van der Waals surface area (Å²) in [6, 6.07) is 10.2. The van der Waals surface area contributed by atoms with E-state index in [0.717, 1.165) is 35.4 Å². The quantitative estimate of drug-likeness (QED) is 0.913. The molecule has 1 atom stereocenters. The van der Waals surface area contributed by atoms with Crippen molar-refractivity contribution in [2.45, 2.75) is 19.4 Å². The van der Waals surface area contributed by atoms with Crippen molar-refractivity contribution in [1.29, 1.82) is 5.26 Å². The van der Waals surface area contributed by atoms with Crippen LogP contribution in [0.15, 0.2) is 34.9 Å². The van der Waals surface area contributed by atoms with Crippen LogP contribution in [0.1, 0.15) is 17.7 Å². The third kappa shape index (κ3) is 3.37. The summed E-state index contributed by atoms with van der Waals surface area (Å²) in [6.07, 6.45) is 2.79. The summed E-state index contributed by atoms with van der Waals surface area (Å²) >= 11 is 3.46. The van der Waals surface area contributed by atoms with Gasteiger partial charge in [-0.3, -0.25) is 0 Å². The predicted octanol–water partition coefficient (Wildman–Crippen LogP) is 3.11. The normalized spacial score (nSPS) is 17.3. The molecule has 1 aromatic heterocycles. The van der Waals surface area contributed by atoms with Crippen LogP contribution in [0, 0.1) is 18.3 Å². The van der Waals surface area contributed by atoms with Crippen LogP contribution in [0.25, 0.3) is 0 Å². The molecule has 1 N–H and O–H groups in total. The summed E-state index contributed by atoms with van der Waals surface area (Å²) in [5, 5.41) is 12.5. The number of nitrogens with zero attached hydrogens (tertiary/aromatic N) is 4. The Balaban J connectivity index is 1.70. The lowest BCUT2D eigenvalue weighted by atomic mass is 10.2.